The van der Waals surface area contributed by atoms with Crippen LogP contribution in [-0.2, 0) is 12.7 Å². The molecule has 2 aromatic rings. The number of alkyl halides is 3. The molecule has 26 heavy (non-hydrogen) atoms. The Morgan fingerprint density at radius 2 is 2.00 bits per heavy atom. The van der Waals surface area contributed by atoms with Crippen molar-refractivity contribution in [3.63, 3.8) is 0 Å². The van der Waals surface area contributed by atoms with Crippen molar-refractivity contribution in [2.45, 2.75) is 38.9 Å². The van der Waals surface area contributed by atoms with E-state index in [4.69, 9.17) is 0 Å². The first-order valence-corrected chi connectivity index (χ1v) is 9.32. The molecule has 1 aliphatic rings. The minimum atomic E-state index is -4.44. The van der Waals surface area contributed by atoms with E-state index in [1.807, 2.05) is 0 Å². The second-order valence-electron chi connectivity index (χ2n) is 6.39. The number of carbonyl (C=O) groups is 1. The highest BCUT2D eigenvalue weighted by atomic mass is 32.1. The molecule has 0 radical (unpaired) electrons. The van der Waals surface area contributed by atoms with Gasteiger partial charge in [-0.05, 0) is 51.1 Å². The topological polar surface area (TPSA) is 45.2 Å². The molecule has 2 heterocycles. The lowest BCUT2D eigenvalue weighted by molar-refractivity contribution is -0.137. The number of benzene rings is 1. The summed E-state index contributed by atoms with van der Waals surface area (Å²) in [6, 6.07) is 4.63. The van der Waals surface area contributed by atoms with E-state index < -0.39 is 17.6 Å². The number of rotatable bonds is 4. The number of anilines is 1. The molecule has 0 saturated carbocycles. The number of nitrogens with one attached hydrogen (secondary N) is 1. The Morgan fingerprint density at radius 1 is 1.27 bits per heavy atom. The van der Waals surface area contributed by atoms with Crippen molar-refractivity contribution in [3.05, 3.63) is 45.4 Å². The second-order valence-corrected chi connectivity index (χ2v) is 7.48. The Morgan fingerprint density at radius 3 is 2.69 bits per heavy atom. The molecule has 0 aliphatic carbocycles. The lowest BCUT2D eigenvalue weighted by Gasteiger charge is -2.25. The maximum Gasteiger partial charge on any atom is 0.416 e. The van der Waals surface area contributed by atoms with Crippen LogP contribution in [0.3, 0.4) is 0 Å². The Kier molecular flexibility index (Phi) is 5.62. The van der Waals surface area contributed by atoms with E-state index in [-0.39, 0.29) is 5.69 Å². The first-order chi connectivity index (χ1) is 12.3. The van der Waals surface area contributed by atoms with Crippen LogP contribution in [0.5, 0.6) is 0 Å². The molecular formula is C18H20F3N3OS. The van der Waals surface area contributed by atoms with Crippen molar-refractivity contribution >= 4 is 22.9 Å². The number of likely N-dealkylation sites (tertiary alicyclic amines) is 1. The van der Waals surface area contributed by atoms with Crippen molar-refractivity contribution < 1.29 is 18.0 Å². The number of carbonyl (C=O) groups excluding carboxylic acids is 1. The molecule has 0 spiro atoms. The van der Waals surface area contributed by atoms with Crippen LogP contribution in [0, 0.1) is 6.92 Å². The number of hydrogen-bond acceptors (Lipinski definition) is 4. The molecule has 8 heteroatoms. The smallest absolute Gasteiger partial charge is 0.321 e. The molecule has 140 valence electrons. The molecule has 4 nitrogen and oxygen atoms in total. The average Bonchev–Trinajstić information content (AvgIpc) is 2.96. The quantitative estimate of drug-likeness (QED) is 0.832. The van der Waals surface area contributed by atoms with Gasteiger partial charge in [-0.3, -0.25) is 9.69 Å². The number of halogens is 3. The molecule has 0 bridgehead atoms. The predicted octanol–water partition coefficient (Wildman–Crippen LogP) is 4.71. The van der Waals surface area contributed by atoms with Crippen LogP contribution in [0.25, 0.3) is 0 Å². The zero-order valence-electron chi connectivity index (χ0n) is 14.4. The monoisotopic (exact) mass is 383 g/mol. The Balaban J connectivity index is 1.70. The standard InChI is InChI=1S/C18H20F3N3OS/c1-12-16(26-15(22-12)11-24-8-3-2-4-9-24)17(25)23-14-7-5-6-13(10-14)18(19,20)21/h5-7,10H,2-4,8-9,11H2,1H3,(H,23,25). The minimum absolute atomic E-state index is 0.121. The summed E-state index contributed by atoms with van der Waals surface area (Å²) >= 11 is 1.30. The van der Waals surface area contributed by atoms with E-state index in [1.165, 1.54) is 42.7 Å². The number of aromatic nitrogens is 1. The molecule has 1 fully saturated rings. The number of hydrogen-bond donors (Lipinski definition) is 1. The third-order valence-electron chi connectivity index (χ3n) is 4.30. The van der Waals surface area contributed by atoms with Crippen LogP contribution in [0.2, 0.25) is 0 Å². The average molecular weight is 383 g/mol. The van der Waals surface area contributed by atoms with Crippen LogP contribution >= 0.6 is 11.3 Å². The highest BCUT2D eigenvalue weighted by molar-refractivity contribution is 7.13. The lowest BCUT2D eigenvalue weighted by Crippen LogP contribution is -2.28. The van der Waals surface area contributed by atoms with E-state index in [1.54, 1.807) is 6.92 Å². The van der Waals surface area contributed by atoms with Gasteiger partial charge in [-0.1, -0.05) is 12.5 Å². The van der Waals surface area contributed by atoms with Crippen LogP contribution in [0.15, 0.2) is 24.3 Å². The normalized spacial score (nSPS) is 15.8. The fourth-order valence-corrected chi connectivity index (χ4v) is 4.00. The van der Waals surface area contributed by atoms with Crippen molar-refractivity contribution in [2.24, 2.45) is 0 Å². The summed E-state index contributed by atoms with van der Waals surface area (Å²) in [5.41, 5.74) is -0.0659. The molecule has 0 unspecified atom stereocenters. The second kappa shape index (κ2) is 7.75. The predicted molar refractivity (Wildman–Crippen MR) is 95.4 cm³/mol. The van der Waals surface area contributed by atoms with Gasteiger partial charge in [0.05, 0.1) is 17.8 Å². The first-order valence-electron chi connectivity index (χ1n) is 8.50. The van der Waals surface area contributed by atoms with Gasteiger partial charge in [0, 0.05) is 5.69 Å². The zero-order valence-corrected chi connectivity index (χ0v) is 15.2. The third-order valence-corrected chi connectivity index (χ3v) is 5.44. The van der Waals surface area contributed by atoms with Crippen LogP contribution in [-0.4, -0.2) is 28.9 Å². The molecule has 1 aromatic heterocycles. The van der Waals surface area contributed by atoms with Crippen molar-refractivity contribution in [3.8, 4) is 0 Å². The lowest BCUT2D eigenvalue weighted by atomic mass is 10.1. The fraction of sp³-hybridized carbons (Fsp3) is 0.444. The molecule has 1 N–H and O–H groups in total. The van der Waals surface area contributed by atoms with Crippen LogP contribution in [0.1, 0.15) is 45.2 Å². The van der Waals surface area contributed by atoms with Gasteiger partial charge in [0.2, 0.25) is 0 Å². The first kappa shape index (κ1) is 18.8. The van der Waals surface area contributed by atoms with Crippen molar-refractivity contribution in [2.75, 3.05) is 18.4 Å². The van der Waals surface area contributed by atoms with E-state index in [9.17, 15) is 18.0 Å². The molecule has 1 aliphatic heterocycles. The van der Waals surface area contributed by atoms with E-state index >= 15 is 0 Å². The highest BCUT2D eigenvalue weighted by Crippen LogP contribution is 2.31. The summed E-state index contributed by atoms with van der Waals surface area (Å²) in [6.45, 7) is 4.52. The summed E-state index contributed by atoms with van der Waals surface area (Å²) in [5.74, 6) is -0.427. The summed E-state index contributed by atoms with van der Waals surface area (Å²) in [4.78, 5) is 19.7. The molecule has 1 saturated heterocycles. The zero-order chi connectivity index (χ0) is 18.7. The van der Waals surface area contributed by atoms with E-state index in [0.29, 0.717) is 17.1 Å². The van der Waals surface area contributed by atoms with Gasteiger partial charge in [-0.15, -0.1) is 11.3 Å². The Hall–Kier alpha value is -1.93. The van der Waals surface area contributed by atoms with Crippen LogP contribution < -0.4 is 5.32 Å². The number of amides is 1. The van der Waals surface area contributed by atoms with Gasteiger partial charge in [0.1, 0.15) is 9.88 Å². The maximum atomic E-state index is 12.8. The summed E-state index contributed by atoms with van der Waals surface area (Å²) in [5, 5.41) is 3.41. The Bertz CT molecular complexity index is 782. The third kappa shape index (κ3) is 4.62. The molecule has 1 amide bonds. The SMILES string of the molecule is Cc1nc(CN2CCCCC2)sc1C(=O)Nc1cccc(C(F)(F)F)c1. The van der Waals surface area contributed by atoms with Gasteiger partial charge < -0.3 is 5.32 Å². The number of aryl methyl sites for hydroxylation is 1. The largest absolute Gasteiger partial charge is 0.416 e. The molecule has 3 rings (SSSR count). The van der Waals surface area contributed by atoms with E-state index in [2.05, 4.69) is 15.2 Å². The fourth-order valence-electron chi connectivity index (χ4n) is 3.00. The van der Waals surface area contributed by atoms with Gasteiger partial charge in [-0.25, -0.2) is 4.98 Å². The number of nitrogens with zero attached hydrogens (tertiary/aromatic N) is 2. The van der Waals surface area contributed by atoms with Gasteiger partial charge >= 0.3 is 6.18 Å². The molecular weight excluding hydrogens is 363 g/mol. The summed E-state index contributed by atoms with van der Waals surface area (Å²) in [7, 11) is 0. The Labute approximate surface area is 154 Å². The highest BCUT2D eigenvalue weighted by Gasteiger charge is 2.30. The maximum absolute atomic E-state index is 12.8. The molecule has 1 aromatic carbocycles. The van der Waals surface area contributed by atoms with Gasteiger partial charge in [0.25, 0.3) is 5.91 Å². The van der Waals surface area contributed by atoms with Gasteiger partial charge in [-0.2, -0.15) is 13.2 Å². The van der Waals surface area contributed by atoms with Crippen LogP contribution in [0.4, 0.5) is 18.9 Å². The van der Waals surface area contributed by atoms with Gasteiger partial charge in [0.15, 0.2) is 0 Å². The summed E-state index contributed by atoms with van der Waals surface area (Å²) in [6.07, 6.45) is -0.846. The molecule has 0 atom stereocenters. The van der Waals surface area contributed by atoms with Crippen molar-refractivity contribution in [1.82, 2.24) is 9.88 Å². The number of piperidine rings is 1. The number of thiazole rings is 1. The van der Waals surface area contributed by atoms with E-state index in [0.717, 1.165) is 30.2 Å². The summed E-state index contributed by atoms with van der Waals surface area (Å²) < 4.78 is 38.4. The minimum Gasteiger partial charge on any atom is -0.321 e. The van der Waals surface area contributed by atoms with Crippen molar-refractivity contribution in [1.29, 1.82) is 0 Å².